The molecule has 1 fully saturated rings. The van der Waals surface area contributed by atoms with Gasteiger partial charge in [0.1, 0.15) is 15.7 Å². The van der Waals surface area contributed by atoms with Crippen molar-refractivity contribution in [1.82, 2.24) is 5.32 Å². The van der Waals surface area contributed by atoms with E-state index in [1.165, 1.54) is 19.3 Å². The van der Waals surface area contributed by atoms with Crippen LogP contribution in [0.3, 0.4) is 0 Å². The molecule has 1 saturated carbocycles. The number of nitrogens with one attached hydrogen (secondary N) is 1. The Morgan fingerprint density at radius 2 is 1.85 bits per heavy atom. The van der Waals surface area contributed by atoms with Crippen LogP contribution >= 0.6 is 15.9 Å². The summed E-state index contributed by atoms with van der Waals surface area (Å²) in [4.78, 5) is 11.6. The van der Waals surface area contributed by atoms with Crippen molar-refractivity contribution in [3.05, 3.63) is 0 Å². The van der Waals surface area contributed by atoms with Crippen molar-refractivity contribution < 1.29 is 4.79 Å². The minimum absolute atomic E-state index is 0.111. The van der Waals surface area contributed by atoms with Gasteiger partial charge in [-0.05, 0) is 12.8 Å². The zero-order valence-electron chi connectivity index (χ0n) is 8.40. The molecule has 0 aromatic rings. The van der Waals surface area contributed by atoms with Crippen LogP contribution in [0, 0.1) is 0 Å². The molecule has 13 heavy (non-hydrogen) atoms. The zero-order chi connectivity index (χ0) is 9.90. The van der Waals surface area contributed by atoms with E-state index in [1.807, 2.05) is 15.7 Å². The number of carbonyl (C=O) groups excluding carboxylic acids is 1. The summed E-state index contributed by atoms with van der Waals surface area (Å²) < 4.78 is -0.426. The number of alkyl halides is 1. The van der Waals surface area contributed by atoms with Gasteiger partial charge in [0, 0.05) is 10.2 Å². The van der Waals surface area contributed by atoms with Gasteiger partial charge in [0.15, 0.2) is 0 Å². The Hall–Kier alpha value is 0.0799. The van der Waals surface area contributed by atoms with E-state index in [9.17, 15) is 4.79 Å². The van der Waals surface area contributed by atoms with Crippen LogP contribution in [-0.2, 0) is 4.79 Å². The van der Waals surface area contributed by atoms with Crippen molar-refractivity contribution in [3.8, 4) is 0 Å². The molecule has 1 N–H and O–H groups in total. The molecule has 0 unspecified atom stereocenters. The van der Waals surface area contributed by atoms with E-state index >= 15 is 0 Å². The van der Waals surface area contributed by atoms with Gasteiger partial charge in [-0.25, -0.2) is 0 Å². The quantitative estimate of drug-likeness (QED) is 0.526. The molecule has 72 valence electrons. The first-order valence-electron chi connectivity index (χ1n) is 5.00. The van der Waals surface area contributed by atoms with Gasteiger partial charge in [-0.2, -0.15) is 0 Å². The topological polar surface area (TPSA) is 29.1 Å². The fourth-order valence-corrected chi connectivity index (χ4v) is 1.72. The summed E-state index contributed by atoms with van der Waals surface area (Å²) in [7, 11) is 3.76. The number of carbonyl (C=O) groups is 1. The molecule has 2 nitrogen and oxygen atoms in total. The molecule has 1 amide bonds. The number of halogens is 1. The van der Waals surface area contributed by atoms with Crippen molar-refractivity contribution in [3.63, 3.8) is 0 Å². The molecule has 0 atom stereocenters. The number of hydrogen-bond donors (Lipinski definition) is 1. The highest BCUT2D eigenvalue weighted by Gasteiger charge is 2.26. The molecule has 0 bridgehead atoms. The first kappa shape index (κ1) is 11.2. The lowest BCUT2D eigenvalue weighted by Gasteiger charge is -2.26. The third kappa shape index (κ3) is 3.75. The minimum Gasteiger partial charge on any atom is -0.353 e. The molecule has 1 rings (SSSR count). The Morgan fingerprint density at radius 1 is 1.31 bits per heavy atom. The molecule has 0 aromatic carbocycles. The fourth-order valence-electron chi connectivity index (χ4n) is 1.60. The minimum atomic E-state index is -0.426. The summed E-state index contributed by atoms with van der Waals surface area (Å²) in [5.41, 5.74) is 0. The molecule has 0 aromatic heterocycles. The molecule has 0 radical (unpaired) electrons. The predicted molar refractivity (Wildman–Crippen MR) is 63.8 cm³/mol. The van der Waals surface area contributed by atoms with Crippen molar-refractivity contribution in [2.45, 2.75) is 42.3 Å². The highest BCUT2D eigenvalue weighted by Crippen LogP contribution is 2.18. The van der Waals surface area contributed by atoms with E-state index in [0.29, 0.717) is 6.04 Å². The van der Waals surface area contributed by atoms with E-state index in [1.54, 1.807) is 0 Å². The summed E-state index contributed by atoms with van der Waals surface area (Å²) >= 11 is 3.36. The average Bonchev–Trinajstić information content (AvgIpc) is 2.04. The van der Waals surface area contributed by atoms with Gasteiger partial charge < -0.3 is 5.32 Å². The van der Waals surface area contributed by atoms with Crippen molar-refractivity contribution in [1.29, 1.82) is 0 Å². The third-order valence-electron chi connectivity index (χ3n) is 2.48. The van der Waals surface area contributed by atoms with Crippen LogP contribution in [0.2, 0.25) is 0 Å². The Bertz CT molecular complexity index is 187. The predicted octanol–water partition coefficient (Wildman–Crippen LogP) is -0.250. The van der Waals surface area contributed by atoms with E-state index < -0.39 is 4.12 Å². The van der Waals surface area contributed by atoms with Crippen LogP contribution in [0.25, 0.3) is 0 Å². The highest BCUT2D eigenvalue weighted by molar-refractivity contribution is 9.11. The summed E-state index contributed by atoms with van der Waals surface area (Å²) in [5.74, 6) is 0.111. The number of hydrogen-bond acceptors (Lipinski definition) is 1. The first-order chi connectivity index (χ1) is 6.00. The van der Waals surface area contributed by atoms with Gasteiger partial charge in [-0.15, -0.1) is 0 Å². The molecule has 0 spiro atoms. The smallest absolute Gasteiger partial charge is 0.220 e. The largest absolute Gasteiger partial charge is 0.353 e. The van der Waals surface area contributed by atoms with Crippen molar-refractivity contribution in [2.24, 2.45) is 0 Å². The van der Waals surface area contributed by atoms with Gasteiger partial charge in [0.05, 0.1) is 0 Å². The van der Waals surface area contributed by atoms with Crippen LogP contribution in [0.15, 0.2) is 0 Å². The Morgan fingerprint density at radius 3 is 2.31 bits per heavy atom. The van der Waals surface area contributed by atoms with Gasteiger partial charge in [-0.1, -0.05) is 35.2 Å². The molecule has 1 aliphatic rings. The lowest BCUT2D eigenvalue weighted by Crippen LogP contribution is -2.47. The monoisotopic (exact) mass is 243 g/mol. The van der Waals surface area contributed by atoms with Crippen LogP contribution in [0.5, 0.6) is 0 Å². The van der Waals surface area contributed by atoms with Crippen LogP contribution in [0.4, 0.5) is 0 Å². The molecule has 1 aliphatic carbocycles. The van der Waals surface area contributed by atoms with Crippen LogP contribution in [0.1, 0.15) is 32.1 Å². The summed E-state index contributed by atoms with van der Waals surface area (Å²) in [6.45, 7) is 0. The second-order valence-corrected chi connectivity index (χ2v) is 6.26. The van der Waals surface area contributed by atoms with Gasteiger partial charge in [0.2, 0.25) is 5.91 Å². The lowest BCUT2D eigenvalue weighted by molar-refractivity contribution is -0.120. The summed E-state index contributed by atoms with van der Waals surface area (Å²) in [5, 5.41) is 3.07. The molecular weight excluding hydrogens is 228 g/mol. The zero-order valence-corrected chi connectivity index (χ0v) is 9.99. The SMILES string of the molecule is BC(B)(Br)C(=O)NC1CCCCC1. The average molecular weight is 244 g/mol. The Balaban J connectivity index is 2.35. The van der Waals surface area contributed by atoms with E-state index in [0.717, 1.165) is 12.8 Å². The summed E-state index contributed by atoms with van der Waals surface area (Å²) in [6.07, 6.45) is 6.13. The first-order valence-corrected chi connectivity index (χ1v) is 5.79. The Kier molecular flexibility index (Phi) is 3.89. The van der Waals surface area contributed by atoms with Gasteiger partial charge in [0.25, 0.3) is 0 Å². The standard InChI is InChI=1S/C8H16B2BrNO/c9-8(10,11)7(13)12-6-4-2-1-3-5-6/h6H,1-5,9-10H2,(H,12,13). The van der Waals surface area contributed by atoms with Crippen molar-refractivity contribution >= 4 is 37.5 Å². The fraction of sp³-hybridized carbons (Fsp3) is 0.875. The molecule has 0 saturated heterocycles. The van der Waals surface area contributed by atoms with Gasteiger partial charge in [-0.3, -0.25) is 4.79 Å². The maximum atomic E-state index is 11.6. The second-order valence-electron chi connectivity index (χ2n) is 4.28. The van der Waals surface area contributed by atoms with E-state index in [-0.39, 0.29) is 5.91 Å². The van der Waals surface area contributed by atoms with Crippen LogP contribution in [-0.4, -0.2) is 31.8 Å². The Labute approximate surface area is 90.2 Å². The number of rotatable bonds is 2. The third-order valence-corrected chi connectivity index (χ3v) is 2.84. The van der Waals surface area contributed by atoms with E-state index in [4.69, 9.17) is 0 Å². The molecule has 0 heterocycles. The molecule has 0 aliphatic heterocycles. The molecular formula is C8H16B2BrNO. The summed E-state index contributed by atoms with van der Waals surface area (Å²) in [6, 6.07) is 0.415. The van der Waals surface area contributed by atoms with E-state index in [2.05, 4.69) is 21.2 Å². The highest BCUT2D eigenvalue weighted by atomic mass is 79.9. The normalized spacial score (nSPS) is 19.8. The maximum Gasteiger partial charge on any atom is 0.220 e. The molecule has 5 heteroatoms. The second kappa shape index (κ2) is 4.54. The lowest BCUT2D eigenvalue weighted by atomic mass is 9.69. The van der Waals surface area contributed by atoms with Crippen molar-refractivity contribution in [2.75, 3.05) is 0 Å². The van der Waals surface area contributed by atoms with Gasteiger partial charge >= 0.3 is 0 Å². The maximum absolute atomic E-state index is 11.6. The van der Waals surface area contributed by atoms with Crippen LogP contribution < -0.4 is 5.32 Å². The number of amides is 1.